The molecule has 0 aliphatic heterocycles. The Bertz CT molecular complexity index is 1600. The van der Waals surface area contributed by atoms with Gasteiger partial charge >= 0.3 is 0 Å². The van der Waals surface area contributed by atoms with Crippen molar-refractivity contribution in [2.75, 3.05) is 26.0 Å². The number of carbonyl (C=O) groups excluding carboxylic acids is 4. The number of primary amides is 1. The van der Waals surface area contributed by atoms with Gasteiger partial charge in [-0.25, -0.2) is 9.87 Å². The Labute approximate surface area is 238 Å². The maximum Gasteiger partial charge on any atom is 0.255 e. The Morgan fingerprint density at radius 3 is 2.48 bits per heavy atom. The number of pyridine rings is 1. The molecule has 1 aromatic carbocycles. The van der Waals surface area contributed by atoms with E-state index in [0.29, 0.717) is 16.7 Å². The number of fused-ring (bicyclic) bond motifs is 3. The van der Waals surface area contributed by atoms with Crippen LogP contribution in [0.5, 0.6) is 5.75 Å². The van der Waals surface area contributed by atoms with Gasteiger partial charge in [-0.3, -0.25) is 29.3 Å². The Hall–Kier alpha value is -4.63. The van der Waals surface area contributed by atoms with Crippen molar-refractivity contribution in [3.8, 4) is 16.9 Å². The number of aromatic nitrogens is 1. The molecule has 1 heterocycles. The summed E-state index contributed by atoms with van der Waals surface area (Å²) in [5.41, 5.74) is 3.00. The highest BCUT2D eigenvalue weighted by Crippen LogP contribution is 2.53. The van der Waals surface area contributed by atoms with Crippen LogP contribution in [0.25, 0.3) is 16.9 Å². The van der Waals surface area contributed by atoms with E-state index in [0.717, 1.165) is 0 Å². The summed E-state index contributed by atoms with van der Waals surface area (Å²) in [5.74, 6) is -7.72. The Morgan fingerprint density at radius 1 is 1.17 bits per heavy atom. The number of anilines is 1. The second-order valence-electron chi connectivity index (χ2n) is 10.7. The quantitative estimate of drug-likeness (QED) is 0.140. The van der Waals surface area contributed by atoms with Crippen molar-refractivity contribution in [2.24, 2.45) is 17.6 Å². The largest absolute Gasteiger partial charge is 0.508 e. The zero-order valence-corrected chi connectivity index (χ0v) is 22.5. The fraction of sp³-hybridized carbons (Fsp3) is 0.321. The summed E-state index contributed by atoms with van der Waals surface area (Å²) in [5, 5.41) is 55.6. The lowest BCUT2D eigenvalue weighted by molar-refractivity contribution is -0.237. The molecule has 14 nitrogen and oxygen atoms in total. The number of rotatable bonds is 6. The van der Waals surface area contributed by atoms with E-state index in [1.807, 2.05) is 0 Å². The van der Waals surface area contributed by atoms with E-state index >= 15 is 0 Å². The van der Waals surface area contributed by atoms with E-state index in [2.05, 4.69) is 15.2 Å². The first-order valence-electron chi connectivity index (χ1n) is 12.8. The number of hydrogen-bond donors (Lipinski definition) is 7. The van der Waals surface area contributed by atoms with Crippen molar-refractivity contribution < 1.29 is 49.7 Å². The Kier molecular flexibility index (Phi) is 7.10. The molecule has 14 heteroatoms. The third kappa shape index (κ3) is 4.23. The zero-order chi connectivity index (χ0) is 30.7. The summed E-state index contributed by atoms with van der Waals surface area (Å²) in [7, 11) is 3.05. The number of amides is 2. The third-order valence-electron chi connectivity index (χ3n) is 8.14. The highest BCUT2D eigenvalue weighted by atomic mass is 17.1. The number of aliphatic hydroxyl groups is 3. The fourth-order valence-electron chi connectivity index (χ4n) is 6.38. The molecule has 3 aliphatic carbocycles. The molecule has 1 saturated carbocycles. The summed E-state index contributed by atoms with van der Waals surface area (Å²) in [6.07, 6.45) is 1.50. The van der Waals surface area contributed by atoms with Gasteiger partial charge in [-0.05, 0) is 62.2 Å². The van der Waals surface area contributed by atoms with Gasteiger partial charge in [0.25, 0.3) is 11.8 Å². The van der Waals surface area contributed by atoms with E-state index in [9.17, 15) is 39.6 Å². The van der Waals surface area contributed by atoms with Crippen LogP contribution in [0.2, 0.25) is 0 Å². The van der Waals surface area contributed by atoms with E-state index in [4.69, 9.17) is 11.0 Å². The maximum absolute atomic E-state index is 13.9. The number of benzene rings is 1. The van der Waals surface area contributed by atoms with E-state index in [-0.39, 0.29) is 35.5 Å². The van der Waals surface area contributed by atoms with Crippen LogP contribution in [0.3, 0.4) is 0 Å². The molecular weight excluding hydrogens is 552 g/mol. The number of aliphatic hydroxyl groups excluding tert-OH is 2. The SMILES string of the molecule is CN(C)[C@@H]1C(=O)C(C(N)=O)=C(O)[C@@]2(O)C(=O)C3=C(O)c4c(O)ccc(-c5ccc(NC(=O)COO)nc5)c4C[C@H]3C[C@@H]12. The van der Waals surface area contributed by atoms with Crippen LogP contribution in [0.4, 0.5) is 5.82 Å². The number of nitrogens with one attached hydrogen (secondary N) is 1. The van der Waals surface area contributed by atoms with Crippen molar-refractivity contribution >= 4 is 35.0 Å². The molecule has 2 aromatic rings. The molecular formula is C28H28N4O10. The molecule has 1 fully saturated rings. The van der Waals surface area contributed by atoms with Crippen LogP contribution in [0, 0.1) is 11.8 Å². The molecule has 8 N–H and O–H groups in total. The van der Waals surface area contributed by atoms with E-state index in [1.165, 1.54) is 37.3 Å². The minimum atomic E-state index is -2.72. The predicted octanol–water partition coefficient (Wildman–Crippen LogP) is 0.454. The lowest BCUT2D eigenvalue weighted by Crippen LogP contribution is -2.65. The Morgan fingerprint density at radius 2 is 1.88 bits per heavy atom. The monoisotopic (exact) mass is 580 g/mol. The topological polar surface area (TPSA) is 233 Å². The lowest BCUT2D eigenvalue weighted by atomic mass is 9.57. The van der Waals surface area contributed by atoms with E-state index < -0.39 is 70.6 Å². The molecule has 0 bridgehead atoms. The van der Waals surface area contributed by atoms with Gasteiger partial charge in [0, 0.05) is 23.3 Å². The molecule has 220 valence electrons. The van der Waals surface area contributed by atoms with Crippen LogP contribution < -0.4 is 11.1 Å². The molecule has 0 saturated heterocycles. The number of nitrogens with two attached hydrogens (primary N) is 1. The molecule has 5 rings (SSSR count). The molecule has 42 heavy (non-hydrogen) atoms. The Balaban J connectivity index is 1.63. The van der Waals surface area contributed by atoms with Gasteiger partial charge in [-0.15, -0.1) is 0 Å². The number of hydrogen-bond acceptors (Lipinski definition) is 12. The van der Waals surface area contributed by atoms with Gasteiger partial charge in [0.2, 0.25) is 5.78 Å². The van der Waals surface area contributed by atoms with Crippen LogP contribution in [-0.4, -0.2) is 91.3 Å². The van der Waals surface area contributed by atoms with Crippen molar-refractivity contribution in [1.82, 2.24) is 9.88 Å². The number of Topliss-reactive ketones (excluding diaryl/α,β-unsaturated/α-hetero) is 2. The fourth-order valence-corrected chi connectivity index (χ4v) is 6.38. The van der Waals surface area contributed by atoms with Gasteiger partial charge in [0.15, 0.2) is 18.0 Å². The van der Waals surface area contributed by atoms with Crippen LogP contribution in [0.15, 0.2) is 47.4 Å². The zero-order valence-electron chi connectivity index (χ0n) is 22.5. The molecule has 0 unspecified atom stereocenters. The standard InChI is InChI=1S/C28H28N4O10/c1-32(2)22-15-8-12-7-14-13(11-3-6-17(30-9-11)31-18(34)10-42-41)4-5-16(33)20(14)23(35)19(12)25(37)28(15,40)26(38)21(24(22)36)27(29)39/h3-6,9,12,15,22,33,35,38,40-41H,7-8,10H2,1-2H3,(H2,29,39)(H,30,31,34)/t12-,15-,22-,28-/m0/s1. The van der Waals surface area contributed by atoms with Crippen LogP contribution >= 0.6 is 0 Å². The van der Waals surface area contributed by atoms with Gasteiger partial charge in [-0.1, -0.05) is 6.07 Å². The molecule has 3 aliphatic rings. The number of ketones is 2. The number of nitrogens with zero attached hydrogens (tertiary/aromatic N) is 2. The lowest BCUT2D eigenvalue weighted by Gasteiger charge is -2.50. The van der Waals surface area contributed by atoms with Crippen molar-refractivity contribution in [1.29, 1.82) is 0 Å². The first kappa shape index (κ1) is 28.9. The van der Waals surface area contributed by atoms with Gasteiger partial charge in [0.1, 0.15) is 28.7 Å². The molecule has 1 aromatic heterocycles. The molecule has 0 radical (unpaired) electrons. The molecule has 0 spiro atoms. The van der Waals surface area contributed by atoms with Gasteiger partial charge in [-0.2, -0.15) is 0 Å². The highest BCUT2D eigenvalue weighted by molar-refractivity contribution is 6.24. The van der Waals surface area contributed by atoms with E-state index in [1.54, 1.807) is 12.1 Å². The normalized spacial score (nSPS) is 25.2. The minimum Gasteiger partial charge on any atom is -0.508 e. The van der Waals surface area contributed by atoms with Crippen molar-refractivity contribution in [3.05, 3.63) is 58.5 Å². The molecule has 2 amide bonds. The second-order valence-corrected chi connectivity index (χ2v) is 10.7. The number of phenolic OH excluding ortho intramolecular Hbond substituents is 1. The summed E-state index contributed by atoms with van der Waals surface area (Å²) >= 11 is 0. The molecule has 4 atom stereocenters. The highest BCUT2D eigenvalue weighted by Gasteiger charge is 2.64. The van der Waals surface area contributed by atoms with Crippen LogP contribution in [0.1, 0.15) is 17.5 Å². The predicted molar refractivity (Wildman–Crippen MR) is 145 cm³/mol. The summed E-state index contributed by atoms with van der Waals surface area (Å²) in [4.78, 5) is 60.4. The first-order chi connectivity index (χ1) is 19.8. The third-order valence-corrected chi connectivity index (χ3v) is 8.14. The number of likely N-dealkylation sites (N-methyl/N-ethyl adjacent to an activating group) is 1. The summed E-state index contributed by atoms with van der Waals surface area (Å²) in [6, 6.07) is 4.86. The van der Waals surface area contributed by atoms with Gasteiger partial charge in [0.05, 0.1) is 11.6 Å². The number of aromatic hydroxyl groups is 1. The number of carbonyl (C=O) groups is 4. The summed E-state index contributed by atoms with van der Waals surface area (Å²) < 4.78 is 0. The summed E-state index contributed by atoms with van der Waals surface area (Å²) in [6.45, 7) is -0.587. The average Bonchev–Trinajstić information content (AvgIpc) is 2.91. The smallest absolute Gasteiger partial charge is 0.255 e. The minimum absolute atomic E-state index is 0.0446. The average molecular weight is 581 g/mol. The second kappa shape index (κ2) is 10.3. The van der Waals surface area contributed by atoms with Crippen molar-refractivity contribution in [2.45, 2.75) is 24.5 Å². The first-order valence-corrected chi connectivity index (χ1v) is 12.8. The van der Waals surface area contributed by atoms with Crippen molar-refractivity contribution in [3.63, 3.8) is 0 Å². The van der Waals surface area contributed by atoms with Gasteiger partial charge < -0.3 is 31.5 Å². The van der Waals surface area contributed by atoms with Crippen LogP contribution in [-0.2, 0) is 30.5 Å². The maximum atomic E-state index is 13.9. The number of phenols is 1.